The monoisotopic (exact) mass is 479 g/mol. The van der Waals surface area contributed by atoms with Crippen molar-refractivity contribution in [2.45, 2.75) is 0 Å². The molecule has 0 saturated heterocycles. The quantitative estimate of drug-likeness (QED) is 0.297. The van der Waals surface area contributed by atoms with Gasteiger partial charge in [0.1, 0.15) is 37.1 Å². The Morgan fingerprint density at radius 2 is 0.710 bits per heavy atom. The molecule has 0 unspecified atom stereocenters. The average Bonchev–Trinajstić information content (AvgIpc) is 2.77. The minimum absolute atomic E-state index is 0.545. The van der Waals surface area contributed by atoms with Crippen molar-refractivity contribution in [2.75, 3.05) is 39.5 Å². The summed E-state index contributed by atoms with van der Waals surface area (Å²) in [5.74, 6) is 2.37. The van der Waals surface area contributed by atoms with Crippen LogP contribution in [0.1, 0.15) is 0 Å². The average molecular weight is 481 g/mol. The molecule has 0 aliphatic rings. The highest BCUT2D eigenvalue weighted by Gasteiger charge is 2.07. The molecule has 0 radical (unpaired) electrons. The molecule has 0 fully saturated rings. The Morgan fingerprint density at radius 3 is 0.968 bits per heavy atom. The summed E-state index contributed by atoms with van der Waals surface area (Å²) in [6, 6.07) is 22.1. The molecule has 3 aromatic carbocycles. The third-order valence-electron chi connectivity index (χ3n) is 4.47. The molecule has 0 bridgehead atoms. The molecule has 0 aliphatic heterocycles. The van der Waals surface area contributed by atoms with E-state index >= 15 is 0 Å². The highest BCUT2D eigenvalue weighted by molar-refractivity contribution is 6.31. The number of ether oxygens (including phenoxy) is 3. The summed E-state index contributed by atoms with van der Waals surface area (Å²) in [4.78, 5) is 2.24. The van der Waals surface area contributed by atoms with Gasteiger partial charge in [-0.3, -0.25) is 4.90 Å². The predicted molar refractivity (Wildman–Crippen MR) is 127 cm³/mol. The van der Waals surface area contributed by atoms with Crippen LogP contribution in [0.25, 0.3) is 0 Å². The maximum atomic E-state index is 5.92. The van der Waals surface area contributed by atoms with E-state index in [0.717, 1.165) is 36.9 Å². The van der Waals surface area contributed by atoms with Gasteiger partial charge in [0.15, 0.2) is 0 Å². The molecule has 7 heteroatoms. The summed E-state index contributed by atoms with van der Waals surface area (Å²) in [6.45, 7) is 3.83. The highest BCUT2D eigenvalue weighted by Crippen LogP contribution is 2.17. The van der Waals surface area contributed by atoms with Gasteiger partial charge in [0, 0.05) is 34.7 Å². The van der Waals surface area contributed by atoms with E-state index in [0.29, 0.717) is 34.9 Å². The number of benzene rings is 3. The van der Waals surface area contributed by atoms with Gasteiger partial charge in [-0.15, -0.1) is 0 Å². The smallest absolute Gasteiger partial charge is 0.119 e. The Hall–Kier alpha value is -2.11. The Bertz CT molecular complexity index is 780. The van der Waals surface area contributed by atoms with Gasteiger partial charge in [-0.2, -0.15) is 0 Å². The van der Waals surface area contributed by atoms with Crippen molar-refractivity contribution < 1.29 is 14.2 Å². The van der Waals surface area contributed by atoms with Gasteiger partial charge in [-0.1, -0.05) is 34.8 Å². The van der Waals surface area contributed by atoms with Crippen LogP contribution in [0.3, 0.4) is 0 Å². The molecule has 0 amide bonds. The van der Waals surface area contributed by atoms with Gasteiger partial charge >= 0.3 is 0 Å². The summed E-state index contributed by atoms with van der Waals surface area (Å²) in [5, 5.41) is 2.06. The van der Waals surface area contributed by atoms with Crippen LogP contribution in [-0.2, 0) is 0 Å². The zero-order chi connectivity index (χ0) is 21.9. The number of halogens is 3. The molecule has 0 aromatic heterocycles. The Labute approximate surface area is 198 Å². The van der Waals surface area contributed by atoms with E-state index in [2.05, 4.69) is 4.90 Å². The standard InChI is InChI=1S/C24H24Cl3NO3/c25-19-1-7-22(8-2-19)29-16-13-28(14-17-30-23-9-3-20(26)4-10-23)15-18-31-24-11-5-21(27)6-12-24/h1-12H,13-18H2. The zero-order valence-corrected chi connectivity index (χ0v) is 19.2. The lowest BCUT2D eigenvalue weighted by Crippen LogP contribution is -2.35. The van der Waals surface area contributed by atoms with Gasteiger partial charge in [-0.25, -0.2) is 0 Å². The topological polar surface area (TPSA) is 30.9 Å². The highest BCUT2D eigenvalue weighted by atomic mass is 35.5. The summed E-state index contributed by atoms with van der Waals surface area (Å²) in [6.07, 6.45) is 0. The van der Waals surface area contributed by atoms with Crippen LogP contribution in [0.5, 0.6) is 17.2 Å². The van der Waals surface area contributed by atoms with Crippen LogP contribution >= 0.6 is 34.8 Å². The molecule has 3 aromatic rings. The molecular formula is C24H24Cl3NO3. The number of nitrogens with zero attached hydrogens (tertiary/aromatic N) is 1. The first kappa shape index (κ1) is 23.6. The molecule has 4 nitrogen and oxygen atoms in total. The molecule has 0 saturated carbocycles. The fraction of sp³-hybridized carbons (Fsp3) is 0.250. The second kappa shape index (κ2) is 12.7. The molecule has 31 heavy (non-hydrogen) atoms. The predicted octanol–water partition coefficient (Wildman–Crippen LogP) is 6.49. The molecule has 0 aliphatic carbocycles. The molecule has 3 rings (SSSR count). The van der Waals surface area contributed by atoms with Crippen molar-refractivity contribution >= 4 is 34.8 Å². The van der Waals surface area contributed by atoms with Gasteiger partial charge in [0.25, 0.3) is 0 Å². The van der Waals surface area contributed by atoms with E-state index in [9.17, 15) is 0 Å². The summed E-state index contributed by atoms with van der Waals surface area (Å²) in [5.41, 5.74) is 0. The van der Waals surface area contributed by atoms with E-state index in [1.165, 1.54) is 0 Å². The number of hydrogen-bond acceptors (Lipinski definition) is 4. The maximum absolute atomic E-state index is 5.92. The van der Waals surface area contributed by atoms with Crippen molar-refractivity contribution in [3.63, 3.8) is 0 Å². The van der Waals surface area contributed by atoms with Gasteiger partial charge in [0.2, 0.25) is 0 Å². The fourth-order valence-electron chi connectivity index (χ4n) is 2.81. The third kappa shape index (κ3) is 8.88. The minimum atomic E-state index is 0.545. The largest absolute Gasteiger partial charge is 0.492 e. The zero-order valence-electron chi connectivity index (χ0n) is 17.0. The first-order chi connectivity index (χ1) is 15.1. The number of hydrogen-bond donors (Lipinski definition) is 0. The normalized spacial score (nSPS) is 10.8. The minimum Gasteiger partial charge on any atom is -0.492 e. The first-order valence-electron chi connectivity index (χ1n) is 9.96. The van der Waals surface area contributed by atoms with E-state index in [-0.39, 0.29) is 0 Å². The van der Waals surface area contributed by atoms with Gasteiger partial charge in [0.05, 0.1) is 0 Å². The fourth-order valence-corrected chi connectivity index (χ4v) is 3.18. The van der Waals surface area contributed by atoms with E-state index in [4.69, 9.17) is 49.0 Å². The Kier molecular flexibility index (Phi) is 9.63. The van der Waals surface area contributed by atoms with E-state index in [1.54, 1.807) is 0 Å². The van der Waals surface area contributed by atoms with Crippen LogP contribution in [0.15, 0.2) is 72.8 Å². The van der Waals surface area contributed by atoms with Crippen LogP contribution in [0, 0.1) is 0 Å². The maximum Gasteiger partial charge on any atom is 0.119 e. The summed E-state index contributed by atoms with van der Waals surface area (Å²) in [7, 11) is 0. The molecule has 0 heterocycles. The van der Waals surface area contributed by atoms with Crippen molar-refractivity contribution in [2.24, 2.45) is 0 Å². The van der Waals surface area contributed by atoms with Crippen molar-refractivity contribution in [3.8, 4) is 17.2 Å². The van der Waals surface area contributed by atoms with Crippen LogP contribution in [0.2, 0.25) is 15.1 Å². The lowest BCUT2D eigenvalue weighted by Gasteiger charge is -2.22. The second-order valence-corrected chi connectivity index (χ2v) is 8.06. The SMILES string of the molecule is Clc1ccc(OCCN(CCOc2ccc(Cl)cc2)CCOc2ccc(Cl)cc2)cc1. The lowest BCUT2D eigenvalue weighted by atomic mass is 10.3. The van der Waals surface area contributed by atoms with Gasteiger partial charge in [-0.05, 0) is 72.8 Å². The van der Waals surface area contributed by atoms with Crippen LogP contribution in [0.4, 0.5) is 0 Å². The van der Waals surface area contributed by atoms with Gasteiger partial charge < -0.3 is 14.2 Å². The summed E-state index contributed by atoms with van der Waals surface area (Å²) >= 11 is 17.8. The van der Waals surface area contributed by atoms with Crippen molar-refractivity contribution in [3.05, 3.63) is 87.9 Å². The first-order valence-corrected chi connectivity index (χ1v) is 11.1. The van der Waals surface area contributed by atoms with E-state index in [1.807, 2.05) is 72.8 Å². The lowest BCUT2D eigenvalue weighted by molar-refractivity contribution is 0.153. The molecule has 0 N–H and O–H groups in total. The van der Waals surface area contributed by atoms with Crippen LogP contribution in [-0.4, -0.2) is 44.4 Å². The van der Waals surface area contributed by atoms with Crippen LogP contribution < -0.4 is 14.2 Å². The third-order valence-corrected chi connectivity index (χ3v) is 5.23. The summed E-state index contributed by atoms with van der Waals surface area (Å²) < 4.78 is 17.5. The Morgan fingerprint density at radius 1 is 0.452 bits per heavy atom. The molecule has 0 spiro atoms. The Balaban J connectivity index is 1.47. The van der Waals surface area contributed by atoms with Crippen molar-refractivity contribution in [1.29, 1.82) is 0 Å². The second-order valence-electron chi connectivity index (χ2n) is 6.75. The van der Waals surface area contributed by atoms with Crippen molar-refractivity contribution in [1.82, 2.24) is 4.90 Å². The van der Waals surface area contributed by atoms with E-state index < -0.39 is 0 Å². The molecule has 164 valence electrons. The number of rotatable bonds is 12. The molecule has 0 atom stereocenters. The molecular weight excluding hydrogens is 457 g/mol.